The average Bonchev–Trinajstić information content (AvgIpc) is 2.99. The molecule has 6 nitrogen and oxygen atoms in total. The molecule has 1 amide bonds. The van der Waals surface area contributed by atoms with Crippen LogP contribution in [0.3, 0.4) is 0 Å². The van der Waals surface area contributed by atoms with Gasteiger partial charge in [-0.15, -0.1) is 0 Å². The predicted octanol–water partition coefficient (Wildman–Crippen LogP) is 4.40. The van der Waals surface area contributed by atoms with Crippen molar-refractivity contribution in [3.8, 4) is 11.5 Å². The number of oxazole rings is 1. The number of pyridine rings is 1. The SMILES string of the molecule is CC(C)(C)C(=O)NC(=S)Nc1ccc(Cl)c(-c2nc3ncccc3o2)c1. The minimum atomic E-state index is -0.540. The zero-order valence-corrected chi connectivity index (χ0v) is 16.0. The van der Waals surface area contributed by atoms with Crippen LogP contribution in [0.25, 0.3) is 22.7 Å². The van der Waals surface area contributed by atoms with Gasteiger partial charge in [-0.3, -0.25) is 4.79 Å². The van der Waals surface area contributed by atoms with Crippen molar-refractivity contribution in [1.82, 2.24) is 15.3 Å². The molecule has 3 rings (SSSR count). The van der Waals surface area contributed by atoms with Gasteiger partial charge >= 0.3 is 0 Å². The summed E-state index contributed by atoms with van der Waals surface area (Å²) in [4.78, 5) is 20.5. The molecule has 0 saturated heterocycles. The van der Waals surface area contributed by atoms with Crippen LogP contribution in [-0.2, 0) is 4.79 Å². The first-order valence-electron chi connectivity index (χ1n) is 7.88. The van der Waals surface area contributed by atoms with Crippen molar-refractivity contribution >= 4 is 51.8 Å². The quantitative estimate of drug-likeness (QED) is 0.633. The molecule has 0 atom stereocenters. The second-order valence-corrected chi connectivity index (χ2v) is 7.51. The van der Waals surface area contributed by atoms with Gasteiger partial charge in [0.25, 0.3) is 0 Å². The van der Waals surface area contributed by atoms with Crippen molar-refractivity contribution in [3.63, 3.8) is 0 Å². The molecule has 0 aliphatic rings. The van der Waals surface area contributed by atoms with Gasteiger partial charge in [-0.2, -0.15) is 4.98 Å². The number of carbonyl (C=O) groups excluding carboxylic acids is 1. The fourth-order valence-electron chi connectivity index (χ4n) is 2.10. The molecule has 0 aliphatic carbocycles. The van der Waals surface area contributed by atoms with Crippen molar-refractivity contribution in [1.29, 1.82) is 0 Å². The molecular weight excluding hydrogens is 372 g/mol. The van der Waals surface area contributed by atoms with Gasteiger partial charge in [0.1, 0.15) is 0 Å². The average molecular weight is 389 g/mol. The maximum atomic E-state index is 12.0. The molecule has 8 heteroatoms. The minimum absolute atomic E-state index is 0.172. The summed E-state index contributed by atoms with van der Waals surface area (Å²) in [5.74, 6) is 0.186. The lowest BCUT2D eigenvalue weighted by Gasteiger charge is -2.18. The molecule has 0 bridgehead atoms. The fraction of sp³-hybridized carbons (Fsp3) is 0.222. The number of rotatable bonds is 2. The third kappa shape index (κ3) is 4.00. The molecule has 0 saturated carbocycles. The third-order valence-corrected chi connectivity index (χ3v) is 4.06. The summed E-state index contributed by atoms with van der Waals surface area (Å²) in [5.41, 5.74) is 1.79. The molecule has 0 radical (unpaired) electrons. The van der Waals surface area contributed by atoms with Gasteiger partial charge in [0, 0.05) is 17.3 Å². The van der Waals surface area contributed by atoms with Crippen LogP contribution in [-0.4, -0.2) is 21.0 Å². The highest BCUT2D eigenvalue weighted by atomic mass is 35.5. The van der Waals surface area contributed by atoms with E-state index >= 15 is 0 Å². The van der Waals surface area contributed by atoms with Gasteiger partial charge in [0.05, 0.1) is 10.6 Å². The first-order valence-corrected chi connectivity index (χ1v) is 8.66. The van der Waals surface area contributed by atoms with E-state index in [0.29, 0.717) is 33.4 Å². The largest absolute Gasteiger partial charge is 0.434 e. The molecule has 26 heavy (non-hydrogen) atoms. The van der Waals surface area contributed by atoms with Gasteiger partial charge in [-0.1, -0.05) is 32.4 Å². The molecule has 2 aromatic heterocycles. The predicted molar refractivity (Wildman–Crippen MR) is 106 cm³/mol. The lowest BCUT2D eigenvalue weighted by molar-refractivity contribution is -0.126. The second-order valence-electron chi connectivity index (χ2n) is 6.70. The summed E-state index contributed by atoms with van der Waals surface area (Å²) in [5, 5.41) is 6.32. The molecule has 0 aliphatic heterocycles. The lowest BCUT2D eigenvalue weighted by Crippen LogP contribution is -2.41. The Bertz CT molecular complexity index is 961. The first-order chi connectivity index (χ1) is 12.2. The Balaban J connectivity index is 1.84. The highest BCUT2D eigenvalue weighted by Gasteiger charge is 2.22. The minimum Gasteiger partial charge on any atom is -0.434 e. The van der Waals surface area contributed by atoms with Crippen LogP contribution in [0.1, 0.15) is 20.8 Å². The van der Waals surface area contributed by atoms with E-state index in [1.165, 1.54) is 0 Å². The van der Waals surface area contributed by atoms with Crippen LogP contribution in [0.5, 0.6) is 0 Å². The Hall–Kier alpha value is -2.51. The number of halogens is 1. The summed E-state index contributed by atoms with van der Waals surface area (Å²) >= 11 is 11.5. The number of fused-ring (bicyclic) bond motifs is 1. The number of anilines is 1. The summed E-state index contributed by atoms with van der Waals surface area (Å²) < 4.78 is 5.72. The van der Waals surface area contributed by atoms with Crippen LogP contribution in [0.2, 0.25) is 5.02 Å². The van der Waals surface area contributed by atoms with Gasteiger partial charge < -0.3 is 15.1 Å². The van der Waals surface area contributed by atoms with Crippen molar-refractivity contribution < 1.29 is 9.21 Å². The molecule has 0 unspecified atom stereocenters. The lowest BCUT2D eigenvalue weighted by atomic mass is 9.96. The maximum Gasteiger partial charge on any atom is 0.231 e. The molecule has 0 spiro atoms. The molecule has 0 fully saturated rings. The van der Waals surface area contributed by atoms with Crippen LogP contribution < -0.4 is 10.6 Å². The van der Waals surface area contributed by atoms with E-state index in [0.717, 1.165) is 0 Å². The van der Waals surface area contributed by atoms with Crippen LogP contribution in [0.4, 0.5) is 5.69 Å². The summed E-state index contributed by atoms with van der Waals surface area (Å²) in [6, 6.07) is 8.76. The van der Waals surface area contributed by atoms with Gasteiger partial charge in [0.15, 0.2) is 16.3 Å². The van der Waals surface area contributed by atoms with Crippen molar-refractivity contribution in [2.45, 2.75) is 20.8 Å². The highest BCUT2D eigenvalue weighted by molar-refractivity contribution is 7.80. The van der Waals surface area contributed by atoms with Gasteiger partial charge in [0.2, 0.25) is 11.8 Å². The van der Waals surface area contributed by atoms with E-state index in [2.05, 4.69) is 20.6 Å². The number of aromatic nitrogens is 2. The van der Waals surface area contributed by atoms with E-state index in [4.69, 9.17) is 28.2 Å². The zero-order valence-electron chi connectivity index (χ0n) is 14.5. The summed E-state index contributed by atoms with van der Waals surface area (Å²) in [6.07, 6.45) is 1.64. The molecule has 2 heterocycles. The Morgan fingerprint density at radius 1 is 1.27 bits per heavy atom. The van der Waals surface area contributed by atoms with E-state index in [-0.39, 0.29) is 11.0 Å². The molecule has 2 N–H and O–H groups in total. The number of hydrogen-bond donors (Lipinski definition) is 2. The monoisotopic (exact) mass is 388 g/mol. The van der Waals surface area contributed by atoms with Crippen LogP contribution in [0, 0.1) is 5.41 Å². The molecule has 1 aromatic carbocycles. The van der Waals surface area contributed by atoms with E-state index in [1.54, 1.807) is 36.5 Å². The smallest absolute Gasteiger partial charge is 0.231 e. The highest BCUT2D eigenvalue weighted by Crippen LogP contribution is 2.31. The Kier molecular flexibility index (Phi) is 4.93. The Morgan fingerprint density at radius 3 is 2.73 bits per heavy atom. The second kappa shape index (κ2) is 7.01. The number of carbonyl (C=O) groups is 1. The number of nitrogens with one attached hydrogen (secondary N) is 2. The summed E-state index contributed by atoms with van der Waals surface area (Å²) in [7, 11) is 0. The van der Waals surface area contributed by atoms with Crippen molar-refractivity contribution in [2.24, 2.45) is 5.41 Å². The molecular formula is C18H17ClN4O2S. The zero-order chi connectivity index (χ0) is 18.9. The van der Waals surface area contributed by atoms with Crippen LogP contribution in [0.15, 0.2) is 40.9 Å². The summed E-state index contributed by atoms with van der Waals surface area (Å²) in [6.45, 7) is 5.44. The maximum absolute atomic E-state index is 12.0. The van der Waals surface area contributed by atoms with Crippen molar-refractivity contribution in [2.75, 3.05) is 5.32 Å². The van der Waals surface area contributed by atoms with Crippen LogP contribution >= 0.6 is 23.8 Å². The standard InChI is InChI=1S/C18H17ClN4O2S/c1-18(2,3)16(24)23-17(26)21-10-6-7-12(19)11(9-10)15-22-14-13(25-15)5-4-8-20-14/h4-9H,1-3H3,(H2,21,23,24,26). The number of amides is 1. The first kappa shape index (κ1) is 18.3. The fourth-order valence-corrected chi connectivity index (χ4v) is 2.51. The number of thiocarbonyl (C=S) groups is 1. The topological polar surface area (TPSA) is 80.0 Å². The number of hydrogen-bond acceptors (Lipinski definition) is 5. The Labute approximate surface area is 161 Å². The normalized spacial score (nSPS) is 11.4. The van der Waals surface area contributed by atoms with E-state index < -0.39 is 5.41 Å². The van der Waals surface area contributed by atoms with Gasteiger partial charge in [-0.25, -0.2) is 4.98 Å². The number of benzene rings is 1. The van der Waals surface area contributed by atoms with Crippen molar-refractivity contribution in [3.05, 3.63) is 41.6 Å². The Morgan fingerprint density at radius 2 is 2.04 bits per heavy atom. The number of nitrogens with zero attached hydrogens (tertiary/aromatic N) is 2. The molecule has 3 aromatic rings. The molecule has 134 valence electrons. The van der Waals surface area contributed by atoms with Gasteiger partial charge in [-0.05, 0) is 42.5 Å². The van der Waals surface area contributed by atoms with E-state index in [9.17, 15) is 4.79 Å². The van der Waals surface area contributed by atoms with E-state index in [1.807, 2.05) is 20.8 Å². The third-order valence-electron chi connectivity index (χ3n) is 3.53.